The lowest BCUT2D eigenvalue weighted by atomic mass is 9.57. The first kappa shape index (κ1) is 15.8. The first-order chi connectivity index (χ1) is 9.14. The zero-order chi connectivity index (χ0) is 15.1. The van der Waals surface area contributed by atoms with E-state index in [1.54, 1.807) is 0 Å². The third-order valence-corrected chi connectivity index (χ3v) is 6.22. The summed E-state index contributed by atoms with van der Waals surface area (Å²) in [6.07, 6.45) is 8.73. The van der Waals surface area contributed by atoms with Gasteiger partial charge < -0.3 is 5.11 Å². The molecule has 0 radical (unpaired) electrons. The van der Waals surface area contributed by atoms with E-state index in [1.807, 2.05) is 0 Å². The molecule has 2 aliphatic carbocycles. The Bertz CT molecular complexity index is 394. The van der Waals surface area contributed by atoms with Gasteiger partial charge in [0, 0.05) is 0 Å². The predicted octanol–water partition coefficient (Wildman–Crippen LogP) is 4.82. The summed E-state index contributed by atoms with van der Waals surface area (Å²) in [5.74, 6) is 0. The SMILES string of the molecule is CC1(C)CCCC(O)(C2(C#N)CCC(C)(C)CC2)CC1. The Kier molecular flexibility index (Phi) is 3.97. The van der Waals surface area contributed by atoms with Crippen LogP contribution in [0.1, 0.15) is 85.5 Å². The van der Waals surface area contributed by atoms with Crippen molar-refractivity contribution in [2.75, 3.05) is 0 Å². The molecule has 2 aliphatic rings. The second-order valence-corrected chi connectivity index (χ2v) is 8.91. The summed E-state index contributed by atoms with van der Waals surface area (Å²) in [5, 5.41) is 21.1. The van der Waals surface area contributed by atoms with Crippen molar-refractivity contribution in [1.82, 2.24) is 0 Å². The second kappa shape index (κ2) is 5.02. The number of rotatable bonds is 1. The zero-order valence-electron chi connectivity index (χ0n) is 13.8. The van der Waals surface area contributed by atoms with Gasteiger partial charge in [-0.15, -0.1) is 0 Å². The van der Waals surface area contributed by atoms with Crippen LogP contribution in [0.15, 0.2) is 0 Å². The summed E-state index contributed by atoms with van der Waals surface area (Å²) in [5.41, 5.74) is -0.606. The molecule has 2 rings (SSSR count). The molecule has 0 aromatic carbocycles. The molecule has 0 amide bonds. The molecule has 1 atom stereocenters. The summed E-state index contributed by atoms with van der Waals surface area (Å²) in [7, 11) is 0. The van der Waals surface area contributed by atoms with Crippen molar-refractivity contribution in [3.8, 4) is 6.07 Å². The van der Waals surface area contributed by atoms with Crippen LogP contribution < -0.4 is 0 Å². The zero-order valence-corrected chi connectivity index (χ0v) is 13.8. The fraction of sp³-hybridized carbons (Fsp3) is 0.944. The maximum atomic E-state index is 11.3. The third kappa shape index (κ3) is 2.89. The van der Waals surface area contributed by atoms with Gasteiger partial charge in [-0.3, -0.25) is 0 Å². The largest absolute Gasteiger partial charge is 0.388 e. The third-order valence-electron chi connectivity index (χ3n) is 6.22. The molecular weight excluding hydrogens is 246 g/mol. The molecule has 0 aromatic rings. The van der Waals surface area contributed by atoms with Crippen LogP contribution in [0.4, 0.5) is 0 Å². The molecule has 0 saturated heterocycles. The molecule has 0 spiro atoms. The van der Waals surface area contributed by atoms with Crippen LogP contribution in [0.3, 0.4) is 0 Å². The number of aliphatic hydroxyl groups is 1. The normalized spacial score (nSPS) is 35.8. The molecule has 0 bridgehead atoms. The van der Waals surface area contributed by atoms with Crippen LogP contribution in [0.2, 0.25) is 0 Å². The number of hydrogen-bond acceptors (Lipinski definition) is 2. The van der Waals surface area contributed by atoms with Crippen molar-refractivity contribution in [3.05, 3.63) is 0 Å². The predicted molar refractivity (Wildman–Crippen MR) is 82.1 cm³/mol. The van der Waals surface area contributed by atoms with Gasteiger partial charge in [-0.25, -0.2) is 0 Å². The molecule has 2 fully saturated rings. The molecule has 2 saturated carbocycles. The highest BCUT2D eigenvalue weighted by molar-refractivity contribution is 5.14. The number of nitriles is 1. The van der Waals surface area contributed by atoms with Crippen LogP contribution in [-0.2, 0) is 0 Å². The van der Waals surface area contributed by atoms with Crippen molar-refractivity contribution in [3.63, 3.8) is 0 Å². The minimum Gasteiger partial charge on any atom is -0.388 e. The van der Waals surface area contributed by atoms with Crippen molar-refractivity contribution < 1.29 is 5.11 Å². The van der Waals surface area contributed by atoms with E-state index in [4.69, 9.17) is 0 Å². The van der Waals surface area contributed by atoms with E-state index in [1.165, 1.54) is 6.42 Å². The monoisotopic (exact) mass is 277 g/mol. The van der Waals surface area contributed by atoms with Gasteiger partial charge in [-0.05, 0) is 62.2 Å². The van der Waals surface area contributed by atoms with Gasteiger partial charge in [0.05, 0.1) is 17.1 Å². The highest BCUT2D eigenvalue weighted by Gasteiger charge is 2.53. The van der Waals surface area contributed by atoms with Crippen LogP contribution in [-0.4, -0.2) is 10.7 Å². The van der Waals surface area contributed by atoms with Crippen LogP contribution in [0.5, 0.6) is 0 Å². The first-order valence-corrected chi connectivity index (χ1v) is 8.28. The quantitative estimate of drug-likeness (QED) is 0.698. The lowest BCUT2D eigenvalue weighted by Gasteiger charge is -2.48. The highest BCUT2D eigenvalue weighted by atomic mass is 16.3. The second-order valence-electron chi connectivity index (χ2n) is 8.91. The highest BCUT2D eigenvalue weighted by Crippen LogP contribution is 2.55. The number of nitrogens with zero attached hydrogens (tertiary/aromatic N) is 1. The van der Waals surface area contributed by atoms with Crippen LogP contribution >= 0.6 is 0 Å². The standard InChI is InChI=1S/C18H31NO/c1-15(2)6-5-7-18(20,13-10-15)17(14-19)11-8-16(3,4)9-12-17/h20H,5-13H2,1-4H3. The van der Waals surface area contributed by atoms with Gasteiger partial charge in [0.25, 0.3) is 0 Å². The summed E-state index contributed by atoms with van der Waals surface area (Å²) >= 11 is 0. The Morgan fingerprint density at radius 2 is 1.25 bits per heavy atom. The van der Waals surface area contributed by atoms with E-state index in [2.05, 4.69) is 33.8 Å². The van der Waals surface area contributed by atoms with E-state index >= 15 is 0 Å². The molecule has 20 heavy (non-hydrogen) atoms. The average molecular weight is 277 g/mol. The Labute approximate surface area is 124 Å². The van der Waals surface area contributed by atoms with Crippen LogP contribution in [0.25, 0.3) is 0 Å². The molecule has 0 aromatic heterocycles. The Balaban J connectivity index is 2.21. The first-order valence-electron chi connectivity index (χ1n) is 8.28. The number of hydrogen-bond donors (Lipinski definition) is 1. The smallest absolute Gasteiger partial charge is 0.0860 e. The molecule has 0 aliphatic heterocycles. The lowest BCUT2D eigenvalue weighted by molar-refractivity contribution is -0.0961. The fourth-order valence-electron chi connectivity index (χ4n) is 4.17. The molecule has 1 N–H and O–H groups in total. The average Bonchev–Trinajstić information content (AvgIpc) is 2.50. The van der Waals surface area contributed by atoms with Gasteiger partial charge in [-0.1, -0.05) is 34.1 Å². The van der Waals surface area contributed by atoms with Gasteiger partial charge in [0.1, 0.15) is 0 Å². The molecule has 0 heterocycles. The van der Waals surface area contributed by atoms with Gasteiger partial charge >= 0.3 is 0 Å². The van der Waals surface area contributed by atoms with E-state index in [0.29, 0.717) is 10.8 Å². The van der Waals surface area contributed by atoms with Crippen molar-refractivity contribution in [1.29, 1.82) is 5.26 Å². The molecule has 114 valence electrons. The van der Waals surface area contributed by atoms with E-state index in [9.17, 15) is 10.4 Å². The van der Waals surface area contributed by atoms with Gasteiger partial charge in [0.2, 0.25) is 0 Å². The van der Waals surface area contributed by atoms with E-state index < -0.39 is 11.0 Å². The Morgan fingerprint density at radius 3 is 1.80 bits per heavy atom. The lowest BCUT2D eigenvalue weighted by Crippen LogP contribution is -2.50. The van der Waals surface area contributed by atoms with Gasteiger partial charge in [0.15, 0.2) is 0 Å². The van der Waals surface area contributed by atoms with Crippen LogP contribution in [0, 0.1) is 27.6 Å². The Hall–Kier alpha value is -0.550. The van der Waals surface area contributed by atoms with Crippen molar-refractivity contribution >= 4 is 0 Å². The molecule has 1 unspecified atom stereocenters. The summed E-state index contributed by atoms with van der Waals surface area (Å²) in [6, 6.07) is 2.57. The molecule has 2 heteroatoms. The Morgan fingerprint density at radius 1 is 0.750 bits per heavy atom. The van der Waals surface area contributed by atoms with Crippen molar-refractivity contribution in [2.45, 2.75) is 91.1 Å². The van der Waals surface area contributed by atoms with Crippen molar-refractivity contribution in [2.24, 2.45) is 16.2 Å². The van der Waals surface area contributed by atoms with E-state index in [0.717, 1.165) is 51.4 Å². The minimum atomic E-state index is -0.758. The van der Waals surface area contributed by atoms with Gasteiger partial charge in [-0.2, -0.15) is 5.26 Å². The maximum absolute atomic E-state index is 11.3. The summed E-state index contributed by atoms with van der Waals surface area (Å²) in [6.45, 7) is 9.16. The minimum absolute atomic E-state index is 0.315. The topological polar surface area (TPSA) is 44.0 Å². The summed E-state index contributed by atoms with van der Waals surface area (Å²) < 4.78 is 0. The molecular formula is C18H31NO. The van der Waals surface area contributed by atoms with E-state index in [-0.39, 0.29) is 0 Å². The molecule has 2 nitrogen and oxygen atoms in total. The fourth-order valence-corrected chi connectivity index (χ4v) is 4.17. The summed E-state index contributed by atoms with van der Waals surface area (Å²) in [4.78, 5) is 0. The maximum Gasteiger partial charge on any atom is 0.0860 e.